The van der Waals surface area contributed by atoms with Gasteiger partial charge in [0.25, 0.3) is 5.91 Å². The first-order valence-corrected chi connectivity index (χ1v) is 9.29. The molecule has 0 aliphatic rings. The van der Waals surface area contributed by atoms with Gasteiger partial charge in [-0.2, -0.15) is 0 Å². The van der Waals surface area contributed by atoms with Gasteiger partial charge in [0.15, 0.2) is 0 Å². The fourth-order valence-electron chi connectivity index (χ4n) is 2.10. The summed E-state index contributed by atoms with van der Waals surface area (Å²) < 4.78 is 29.0. The zero-order valence-corrected chi connectivity index (χ0v) is 14.5. The number of alkyl halides is 1. The van der Waals surface area contributed by atoms with E-state index in [4.69, 9.17) is 15.5 Å². The van der Waals surface area contributed by atoms with Crippen LogP contribution in [0.5, 0.6) is 5.75 Å². The van der Waals surface area contributed by atoms with Crippen LogP contribution >= 0.6 is 7.82 Å². The Morgan fingerprint density at radius 3 is 2.58 bits per heavy atom. The topological polar surface area (TPSA) is 122 Å². The van der Waals surface area contributed by atoms with Crippen molar-refractivity contribution < 1.29 is 28.1 Å². The van der Waals surface area contributed by atoms with E-state index in [0.717, 1.165) is 25.7 Å². The Bertz CT molecular complexity index is 591. The van der Waals surface area contributed by atoms with Gasteiger partial charge in [-0.3, -0.25) is 14.6 Å². The van der Waals surface area contributed by atoms with Crippen molar-refractivity contribution in [1.82, 2.24) is 5.32 Å². The molecule has 1 unspecified atom stereocenters. The summed E-state index contributed by atoms with van der Waals surface area (Å²) in [6.07, 6.45) is 2.22. The highest BCUT2D eigenvalue weighted by molar-refractivity contribution is 7.46. The lowest BCUT2D eigenvalue weighted by molar-refractivity contribution is 0.0951. The summed E-state index contributed by atoms with van der Waals surface area (Å²) in [5.41, 5.74) is 5.51. The number of unbranched alkanes of at least 4 members (excludes halogenated alkanes) is 3. The van der Waals surface area contributed by atoms with Gasteiger partial charge in [-0.15, -0.1) is 0 Å². The lowest BCUT2D eigenvalue weighted by atomic mass is 10.1. The van der Waals surface area contributed by atoms with E-state index >= 15 is 0 Å². The second-order valence-corrected chi connectivity index (χ2v) is 6.58. The molecule has 0 saturated heterocycles. The van der Waals surface area contributed by atoms with Crippen molar-refractivity contribution in [2.75, 3.05) is 13.1 Å². The predicted molar refractivity (Wildman–Crippen MR) is 88.5 cm³/mol. The van der Waals surface area contributed by atoms with Crippen molar-refractivity contribution in [2.24, 2.45) is 5.73 Å². The zero-order chi connectivity index (χ0) is 18.2. The summed E-state index contributed by atoms with van der Waals surface area (Å²) >= 11 is 0. The number of carbonyl (C=O) groups excluding carboxylic acids is 1. The van der Waals surface area contributed by atoms with E-state index in [-0.39, 0.29) is 16.9 Å². The maximum Gasteiger partial charge on any atom is 0.524 e. The molecule has 0 fully saturated rings. The van der Waals surface area contributed by atoms with Crippen LogP contribution in [0, 0.1) is 0 Å². The number of nitrogens with one attached hydrogen (secondary N) is 1. The summed E-state index contributed by atoms with van der Waals surface area (Å²) in [6, 6.07) is 3.74. The first-order chi connectivity index (χ1) is 11.2. The van der Waals surface area contributed by atoms with Crippen LogP contribution in [0.4, 0.5) is 4.39 Å². The van der Waals surface area contributed by atoms with Crippen molar-refractivity contribution in [3.8, 4) is 5.75 Å². The smallest absolute Gasteiger partial charge is 0.403 e. The molecule has 1 rings (SSSR count). The molecule has 0 spiro atoms. The lowest BCUT2D eigenvalue weighted by Crippen LogP contribution is -2.25. The van der Waals surface area contributed by atoms with E-state index in [1.54, 1.807) is 0 Å². The quantitative estimate of drug-likeness (QED) is 0.375. The van der Waals surface area contributed by atoms with Crippen LogP contribution in [-0.2, 0) is 4.57 Å². The van der Waals surface area contributed by atoms with Gasteiger partial charge in [0.1, 0.15) is 11.9 Å². The van der Waals surface area contributed by atoms with Crippen LogP contribution in [0.15, 0.2) is 18.2 Å². The zero-order valence-electron chi connectivity index (χ0n) is 13.6. The van der Waals surface area contributed by atoms with Gasteiger partial charge in [0, 0.05) is 6.54 Å². The predicted octanol–water partition coefficient (Wildman–Crippen LogP) is 2.44. The summed E-state index contributed by atoms with van der Waals surface area (Å²) in [5, 5.41) is 2.64. The number of benzene rings is 1. The van der Waals surface area contributed by atoms with Crippen molar-refractivity contribution >= 4 is 13.7 Å². The largest absolute Gasteiger partial charge is 0.524 e. The molecular weight excluding hydrogens is 338 g/mol. The molecule has 1 amide bonds. The molecule has 0 aromatic heterocycles. The summed E-state index contributed by atoms with van der Waals surface area (Å²) in [4.78, 5) is 30.1. The fraction of sp³-hybridized carbons (Fsp3) is 0.533. The van der Waals surface area contributed by atoms with Crippen molar-refractivity contribution in [3.63, 3.8) is 0 Å². The highest BCUT2D eigenvalue weighted by atomic mass is 31.2. The van der Waals surface area contributed by atoms with Crippen LogP contribution in [0.25, 0.3) is 0 Å². The Hall–Kier alpha value is -1.47. The Morgan fingerprint density at radius 2 is 2.00 bits per heavy atom. The average molecular weight is 362 g/mol. The number of phosphoric ester groups is 1. The van der Waals surface area contributed by atoms with E-state index in [9.17, 15) is 13.8 Å². The molecule has 0 bridgehead atoms. The third-order valence-corrected chi connectivity index (χ3v) is 3.78. The summed E-state index contributed by atoms with van der Waals surface area (Å²) in [7, 11) is -4.82. The number of nitrogens with two attached hydrogens (primary N) is 1. The molecule has 0 saturated carbocycles. The number of amides is 1. The van der Waals surface area contributed by atoms with E-state index in [1.807, 2.05) is 0 Å². The number of hydrogen-bond donors (Lipinski definition) is 4. The molecule has 0 heterocycles. The highest BCUT2D eigenvalue weighted by Crippen LogP contribution is 2.39. The number of halogens is 1. The first-order valence-electron chi connectivity index (χ1n) is 7.76. The Labute approximate surface area is 140 Å². The molecule has 1 aromatic rings. The number of hydrogen-bond acceptors (Lipinski definition) is 4. The van der Waals surface area contributed by atoms with Gasteiger partial charge in [-0.25, -0.2) is 8.96 Å². The van der Waals surface area contributed by atoms with Gasteiger partial charge >= 0.3 is 7.82 Å². The normalized spacial score (nSPS) is 12.7. The van der Waals surface area contributed by atoms with Crippen LogP contribution < -0.4 is 15.6 Å². The second kappa shape index (κ2) is 9.74. The molecule has 1 aromatic carbocycles. The maximum absolute atomic E-state index is 13.4. The third kappa shape index (κ3) is 7.40. The Morgan fingerprint density at radius 1 is 1.33 bits per heavy atom. The molecular formula is C15H24FN2O5P. The molecule has 7 nitrogen and oxygen atoms in total. The third-order valence-electron chi connectivity index (χ3n) is 3.34. The van der Waals surface area contributed by atoms with E-state index in [0.29, 0.717) is 13.1 Å². The van der Waals surface area contributed by atoms with Crippen LogP contribution in [0.2, 0.25) is 0 Å². The van der Waals surface area contributed by atoms with Crippen LogP contribution in [0.3, 0.4) is 0 Å². The first kappa shape index (κ1) is 20.6. The monoisotopic (exact) mass is 362 g/mol. The molecule has 0 aliphatic heterocycles. The molecule has 1 atom stereocenters. The summed E-state index contributed by atoms with van der Waals surface area (Å²) in [6.45, 7) is 2.33. The van der Waals surface area contributed by atoms with E-state index < -0.39 is 19.9 Å². The van der Waals surface area contributed by atoms with Gasteiger partial charge < -0.3 is 15.6 Å². The second-order valence-electron chi connectivity index (χ2n) is 5.41. The maximum atomic E-state index is 13.4. The fourth-order valence-corrected chi connectivity index (χ4v) is 2.52. The van der Waals surface area contributed by atoms with Crippen LogP contribution in [0.1, 0.15) is 54.7 Å². The minimum Gasteiger partial charge on any atom is -0.403 e. The lowest BCUT2D eigenvalue weighted by Gasteiger charge is -2.14. The van der Waals surface area contributed by atoms with Crippen molar-refractivity contribution in [1.29, 1.82) is 0 Å². The van der Waals surface area contributed by atoms with Gasteiger partial charge in [0.2, 0.25) is 0 Å². The molecule has 9 heteroatoms. The Balaban J connectivity index is 2.79. The standard InChI is InChI=1S/C15H24FN2O5P/c1-11(16)12-6-7-14(23-24(20,21)22)13(10-12)15(19)18-9-5-3-2-4-8-17/h6-7,10-11H,2-5,8-9,17H2,1H3,(H,18,19)(H2,20,21,22). The van der Waals surface area contributed by atoms with Crippen LogP contribution in [-0.4, -0.2) is 28.8 Å². The minimum absolute atomic E-state index is 0.109. The Kier molecular flexibility index (Phi) is 8.35. The number of rotatable bonds is 10. The SMILES string of the molecule is CC(F)c1ccc(OP(=O)(O)O)c(C(=O)NCCCCCCN)c1. The molecule has 0 radical (unpaired) electrons. The molecule has 0 aliphatic carbocycles. The minimum atomic E-state index is -4.82. The van der Waals surface area contributed by atoms with E-state index in [2.05, 4.69) is 9.84 Å². The molecule has 24 heavy (non-hydrogen) atoms. The number of phosphoric acid groups is 1. The van der Waals surface area contributed by atoms with Crippen molar-refractivity contribution in [3.05, 3.63) is 29.3 Å². The highest BCUT2D eigenvalue weighted by Gasteiger charge is 2.22. The van der Waals surface area contributed by atoms with Gasteiger partial charge in [-0.05, 0) is 44.0 Å². The van der Waals surface area contributed by atoms with Gasteiger partial charge in [0.05, 0.1) is 5.56 Å². The average Bonchev–Trinajstić information content (AvgIpc) is 2.49. The van der Waals surface area contributed by atoms with Gasteiger partial charge in [-0.1, -0.05) is 18.9 Å². The molecule has 5 N–H and O–H groups in total. The number of carbonyl (C=O) groups is 1. The molecule has 136 valence electrons. The summed E-state index contributed by atoms with van der Waals surface area (Å²) in [5.74, 6) is -0.854. The van der Waals surface area contributed by atoms with E-state index in [1.165, 1.54) is 25.1 Å². The van der Waals surface area contributed by atoms with Crippen molar-refractivity contribution in [2.45, 2.75) is 38.8 Å².